The highest BCUT2D eigenvalue weighted by Crippen LogP contribution is 2.13. The van der Waals surface area contributed by atoms with Crippen molar-refractivity contribution in [1.29, 1.82) is 0 Å². The van der Waals surface area contributed by atoms with Gasteiger partial charge in [0, 0.05) is 13.0 Å². The fourth-order valence-corrected chi connectivity index (χ4v) is 1.95. The molecular formula is C14H26O4. The van der Waals surface area contributed by atoms with Crippen molar-refractivity contribution in [3.05, 3.63) is 0 Å². The second-order valence-corrected chi connectivity index (χ2v) is 4.70. The van der Waals surface area contributed by atoms with Crippen LogP contribution in [0.4, 0.5) is 0 Å². The van der Waals surface area contributed by atoms with Gasteiger partial charge in [-0.15, -0.1) is 0 Å². The molecule has 1 fully saturated rings. The normalized spacial score (nSPS) is 19.7. The van der Waals surface area contributed by atoms with E-state index < -0.39 is 0 Å². The molecule has 1 saturated heterocycles. The Bertz CT molecular complexity index is 212. The average molecular weight is 258 g/mol. The van der Waals surface area contributed by atoms with Gasteiger partial charge in [-0.25, -0.2) is 0 Å². The van der Waals surface area contributed by atoms with Crippen molar-refractivity contribution < 1.29 is 19.0 Å². The van der Waals surface area contributed by atoms with Crippen LogP contribution in [0.1, 0.15) is 58.3 Å². The number of esters is 1. The number of unbranched alkanes of at least 4 members (excludes halogenated alkanes) is 3. The van der Waals surface area contributed by atoms with Crippen LogP contribution in [-0.4, -0.2) is 32.1 Å². The van der Waals surface area contributed by atoms with Crippen LogP contribution in [0.2, 0.25) is 0 Å². The predicted molar refractivity (Wildman–Crippen MR) is 69.3 cm³/mol. The van der Waals surface area contributed by atoms with Crippen molar-refractivity contribution in [1.82, 2.24) is 0 Å². The summed E-state index contributed by atoms with van der Waals surface area (Å²) in [4.78, 5) is 11.3. The molecule has 0 radical (unpaired) electrons. The number of hydrogen-bond acceptors (Lipinski definition) is 4. The van der Waals surface area contributed by atoms with E-state index in [1.165, 1.54) is 12.8 Å². The predicted octanol–water partition coefficient (Wildman–Crippen LogP) is 3.04. The standard InChI is InChI=1S/C14H26O4/c1-2-3-4-5-8-13(15)16-11-12-18-14-9-6-7-10-17-14/h14H,2-12H2,1H3. The molecular weight excluding hydrogens is 232 g/mol. The average Bonchev–Trinajstić information content (AvgIpc) is 2.41. The van der Waals surface area contributed by atoms with Crippen molar-refractivity contribution >= 4 is 5.97 Å². The molecule has 0 aromatic carbocycles. The quantitative estimate of drug-likeness (QED) is 0.471. The fourth-order valence-electron chi connectivity index (χ4n) is 1.95. The fraction of sp³-hybridized carbons (Fsp3) is 0.929. The maximum atomic E-state index is 11.3. The first-order chi connectivity index (χ1) is 8.83. The van der Waals surface area contributed by atoms with Crippen LogP contribution < -0.4 is 0 Å². The molecule has 0 saturated carbocycles. The number of ether oxygens (including phenoxy) is 3. The van der Waals surface area contributed by atoms with E-state index in [2.05, 4.69) is 6.92 Å². The van der Waals surface area contributed by atoms with E-state index in [0.717, 1.165) is 38.7 Å². The maximum Gasteiger partial charge on any atom is 0.305 e. The Morgan fingerprint density at radius 1 is 1.22 bits per heavy atom. The molecule has 1 aliphatic heterocycles. The van der Waals surface area contributed by atoms with E-state index in [0.29, 0.717) is 19.6 Å². The molecule has 1 unspecified atom stereocenters. The molecule has 0 spiro atoms. The Morgan fingerprint density at radius 3 is 2.83 bits per heavy atom. The molecule has 18 heavy (non-hydrogen) atoms. The minimum Gasteiger partial charge on any atom is -0.463 e. The van der Waals surface area contributed by atoms with Crippen molar-refractivity contribution in [2.75, 3.05) is 19.8 Å². The van der Waals surface area contributed by atoms with Gasteiger partial charge in [0.15, 0.2) is 6.29 Å². The van der Waals surface area contributed by atoms with E-state index in [-0.39, 0.29) is 12.3 Å². The van der Waals surface area contributed by atoms with Crippen LogP contribution >= 0.6 is 0 Å². The minimum absolute atomic E-state index is 0.0954. The Kier molecular flexibility index (Phi) is 8.86. The van der Waals surface area contributed by atoms with E-state index in [9.17, 15) is 4.79 Å². The lowest BCUT2D eigenvalue weighted by Crippen LogP contribution is -2.24. The molecule has 4 heteroatoms. The Morgan fingerprint density at radius 2 is 2.11 bits per heavy atom. The highest BCUT2D eigenvalue weighted by atomic mass is 16.7. The zero-order valence-electron chi connectivity index (χ0n) is 11.5. The van der Waals surface area contributed by atoms with Gasteiger partial charge in [0.05, 0.1) is 6.61 Å². The highest BCUT2D eigenvalue weighted by Gasteiger charge is 2.13. The third-order valence-electron chi connectivity index (χ3n) is 3.02. The first kappa shape index (κ1) is 15.4. The molecule has 0 amide bonds. The van der Waals surface area contributed by atoms with Crippen LogP contribution in [-0.2, 0) is 19.0 Å². The molecule has 1 atom stereocenters. The molecule has 1 heterocycles. The zero-order chi connectivity index (χ0) is 13.1. The minimum atomic E-state index is -0.112. The van der Waals surface area contributed by atoms with Gasteiger partial charge in [0.25, 0.3) is 0 Å². The molecule has 0 bridgehead atoms. The van der Waals surface area contributed by atoms with Gasteiger partial charge in [-0.2, -0.15) is 0 Å². The summed E-state index contributed by atoms with van der Waals surface area (Å²) >= 11 is 0. The van der Waals surface area contributed by atoms with Crippen molar-refractivity contribution in [2.24, 2.45) is 0 Å². The molecule has 0 aromatic heterocycles. The first-order valence-electron chi connectivity index (χ1n) is 7.21. The lowest BCUT2D eigenvalue weighted by atomic mass is 10.2. The number of hydrogen-bond donors (Lipinski definition) is 0. The van der Waals surface area contributed by atoms with Gasteiger partial charge < -0.3 is 14.2 Å². The molecule has 0 aliphatic carbocycles. The summed E-state index contributed by atoms with van der Waals surface area (Å²) in [7, 11) is 0. The Hall–Kier alpha value is -0.610. The summed E-state index contributed by atoms with van der Waals surface area (Å²) in [6.45, 7) is 3.71. The van der Waals surface area contributed by atoms with Crippen LogP contribution in [0.25, 0.3) is 0 Å². The summed E-state index contributed by atoms with van der Waals surface area (Å²) in [5, 5.41) is 0. The van der Waals surface area contributed by atoms with E-state index >= 15 is 0 Å². The van der Waals surface area contributed by atoms with Crippen LogP contribution in [0.5, 0.6) is 0 Å². The third-order valence-corrected chi connectivity index (χ3v) is 3.02. The lowest BCUT2D eigenvalue weighted by molar-refractivity contribution is -0.173. The SMILES string of the molecule is CCCCCCC(=O)OCCOC1CCCCO1. The van der Waals surface area contributed by atoms with Gasteiger partial charge in [-0.3, -0.25) is 4.79 Å². The number of carbonyl (C=O) groups excluding carboxylic acids is 1. The molecule has 1 rings (SSSR count). The molecule has 106 valence electrons. The monoisotopic (exact) mass is 258 g/mol. The van der Waals surface area contributed by atoms with E-state index in [1.54, 1.807) is 0 Å². The van der Waals surface area contributed by atoms with Gasteiger partial charge in [0.1, 0.15) is 6.61 Å². The van der Waals surface area contributed by atoms with Crippen LogP contribution in [0, 0.1) is 0 Å². The lowest BCUT2D eigenvalue weighted by Gasteiger charge is -2.22. The Balaban J connectivity index is 1.88. The Labute approximate surface area is 110 Å². The molecule has 4 nitrogen and oxygen atoms in total. The van der Waals surface area contributed by atoms with Gasteiger partial charge >= 0.3 is 5.97 Å². The summed E-state index contributed by atoms with van der Waals surface area (Å²) in [6.07, 6.45) is 8.07. The summed E-state index contributed by atoms with van der Waals surface area (Å²) in [5.74, 6) is -0.112. The van der Waals surface area contributed by atoms with Gasteiger partial charge in [-0.1, -0.05) is 26.2 Å². The van der Waals surface area contributed by atoms with Gasteiger partial charge in [0.2, 0.25) is 0 Å². The van der Waals surface area contributed by atoms with Gasteiger partial charge in [-0.05, 0) is 25.7 Å². The zero-order valence-corrected chi connectivity index (χ0v) is 11.5. The largest absolute Gasteiger partial charge is 0.463 e. The van der Waals surface area contributed by atoms with Crippen LogP contribution in [0.3, 0.4) is 0 Å². The second kappa shape index (κ2) is 10.3. The smallest absolute Gasteiger partial charge is 0.305 e. The molecule has 1 aliphatic rings. The highest BCUT2D eigenvalue weighted by molar-refractivity contribution is 5.69. The van der Waals surface area contributed by atoms with Crippen molar-refractivity contribution in [2.45, 2.75) is 64.6 Å². The van der Waals surface area contributed by atoms with Crippen LogP contribution in [0.15, 0.2) is 0 Å². The van der Waals surface area contributed by atoms with Crippen molar-refractivity contribution in [3.8, 4) is 0 Å². The summed E-state index contributed by atoms with van der Waals surface area (Å²) in [5.41, 5.74) is 0. The topological polar surface area (TPSA) is 44.8 Å². The number of carbonyl (C=O) groups is 1. The number of rotatable bonds is 9. The maximum absolute atomic E-state index is 11.3. The second-order valence-electron chi connectivity index (χ2n) is 4.70. The summed E-state index contributed by atoms with van der Waals surface area (Å²) in [6, 6.07) is 0. The van der Waals surface area contributed by atoms with E-state index in [1.807, 2.05) is 0 Å². The van der Waals surface area contributed by atoms with Crippen molar-refractivity contribution in [3.63, 3.8) is 0 Å². The van der Waals surface area contributed by atoms with E-state index in [4.69, 9.17) is 14.2 Å². The summed E-state index contributed by atoms with van der Waals surface area (Å²) < 4.78 is 16.0. The third kappa shape index (κ3) is 7.67. The molecule has 0 N–H and O–H groups in total. The first-order valence-corrected chi connectivity index (χ1v) is 7.21. The molecule has 0 aromatic rings.